The summed E-state index contributed by atoms with van der Waals surface area (Å²) in [5, 5.41) is 8.85. The number of carboxylic acids is 1. The Kier molecular flexibility index (Phi) is 7.00. The highest BCUT2D eigenvalue weighted by Crippen LogP contribution is 2.19. The molecule has 6 nitrogen and oxygen atoms in total. The van der Waals surface area contributed by atoms with Crippen LogP contribution in [0.15, 0.2) is 54.7 Å². The maximum Gasteiger partial charge on any atom is 0.341 e. The topological polar surface area (TPSA) is 94.6 Å². The van der Waals surface area contributed by atoms with Crippen LogP contribution in [0, 0.1) is 6.92 Å². The third-order valence-electron chi connectivity index (χ3n) is 4.17. The van der Waals surface area contributed by atoms with E-state index < -0.39 is 18.5 Å². The molecular formula is C21H24N2O4. The Bertz CT molecular complexity index is 871. The highest BCUT2D eigenvalue weighted by atomic mass is 16.5. The van der Waals surface area contributed by atoms with Gasteiger partial charge in [-0.25, -0.2) is 4.79 Å². The second-order valence-electron chi connectivity index (χ2n) is 6.25. The summed E-state index contributed by atoms with van der Waals surface area (Å²) in [6.45, 7) is 1.47. The lowest BCUT2D eigenvalue weighted by atomic mass is 10.0. The van der Waals surface area contributed by atoms with Gasteiger partial charge in [-0.05, 0) is 41.8 Å². The minimum atomic E-state index is -1.07. The van der Waals surface area contributed by atoms with E-state index >= 15 is 0 Å². The van der Waals surface area contributed by atoms with Crippen LogP contribution in [0.5, 0.6) is 5.75 Å². The molecule has 0 spiro atoms. The maximum atomic E-state index is 11.6. The van der Waals surface area contributed by atoms with Crippen molar-refractivity contribution in [3.63, 3.8) is 0 Å². The van der Waals surface area contributed by atoms with Crippen LogP contribution in [-0.4, -0.2) is 28.2 Å². The second kappa shape index (κ2) is 9.43. The van der Waals surface area contributed by atoms with Crippen molar-refractivity contribution in [2.45, 2.75) is 19.8 Å². The standard InChI is InChI=1S/C21H24N2O4/c1-15-17(13-20(22)24)12-18(27-14-21(25)26)9-6-10-23(2)19(15)11-16-7-4-3-5-8-16/h3-10,12H,11,13-14H2,1-2H3,(H2,22,24)(H,25,26). The van der Waals surface area contributed by atoms with Crippen molar-refractivity contribution >= 4 is 11.9 Å². The summed E-state index contributed by atoms with van der Waals surface area (Å²) in [4.78, 5) is 22.4. The fourth-order valence-electron chi connectivity index (χ4n) is 2.79. The molecule has 0 fully saturated rings. The molecule has 0 saturated carbocycles. The molecular weight excluding hydrogens is 344 g/mol. The van der Waals surface area contributed by atoms with Gasteiger partial charge < -0.3 is 20.1 Å². The number of rotatable bonds is 7. The lowest BCUT2D eigenvalue weighted by Gasteiger charge is -2.13. The largest absolute Gasteiger partial charge is 0.482 e. The highest BCUT2D eigenvalue weighted by Gasteiger charge is 2.10. The molecule has 1 heterocycles. The monoisotopic (exact) mass is 368 g/mol. The number of nitrogens with two attached hydrogens (primary N) is 1. The number of nitrogens with zero attached hydrogens (tertiary/aromatic N) is 1. The van der Waals surface area contributed by atoms with Crippen LogP contribution in [-0.2, 0) is 29.5 Å². The molecule has 0 aliphatic rings. The van der Waals surface area contributed by atoms with Gasteiger partial charge in [0, 0.05) is 25.4 Å². The van der Waals surface area contributed by atoms with Gasteiger partial charge >= 0.3 is 5.97 Å². The molecule has 27 heavy (non-hydrogen) atoms. The fraction of sp³-hybridized carbons (Fsp3) is 0.238. The number of aliphatic carboxylic acids is 1. The van der Waals surface area contributed by atoms with Crippen LogP contribution >= 0.6 is 0 Å². The summed E-state index contributed by atoms with van der Waals surface area (Å²) < 4.78 is 7.31. The van der Waals surface area contributed by atoms with E-state index in [9.17, 15) is 9.59 Å². The van der Waals surface area contributed by atoms with Crippen LogP contribution in [0.1, 0.15) is 22.4 Å². The van der Waals surface area contributed by atoms with Gasteiger partial charge in [-0.3, -0.25) is 4.79 Å². The van der Waals surface area contributed by atoms with Crippen molar-refractivity contribution in [1.29, 1.82) is 0 Å². The highest BCUT2D eigenvalue weighted by molar-refractivity contribution is 5.77. The van der Waals surface area contributed by atoms with Crippen molar-refractivity contribution in [3.05, 3.63) is 77.1 Å². The second-order valence-corrected chi connectivity index (χ2v) is 6.25. The van der Waals surface area contributed by atoms with Crippen molar-refractivity contribution in [2.24, 2.45) is 12.8 Å². The summed E-state index contributed by atoms with van der Waals surface area (Å²) >= 11 is 0. The van der Waals surface area contributed by atoms with Crippen LogP contribution in [0.4, 0.5) is 0 Å². The molecule has 0 aliphatic heterocycles. The van der Waals surface area contributed by atoms with Gasteiger partial charge in [0.25, 0.3) is 0 Å². The van der Waals surface area contributed by atoms with Gasteiger partial charge in [0.2, 0.25) is 5.91 Å². The van der Waals surface area contributed by atoms with Crippen molar-refractivity contribution in [3.8, 4) is 5.75 Å². The Labute approximate surface area is 158 Å². The van der Waals surface area contributed by atoms with Crippen LogP contribution < -0.4 is 10.5 Å². The Hall–Kier alpha value is -3.28. The number of aromatic nitrogens is 1. The first-order chi connectivity index (χ1) is 12.9. The van der Waals surface area contributed by atoms with Crippen LogP contribution in [0.2, 0.25) is 0 Å². The molecule has 1 aromatic carbocycles. The number of amides is 1. The minimum Gasteiger partial charge on any atom is -0.482 e. The van der Waals surface area contributed by atoms with E-state index in [1.807, 2.05) is 55.1 Å². The lowest BCUT2D eigenvalue weighted by Crippen LogP contribution is -2.15. The summed E-state index contributed by atoms with van der Waals surface area (Å²) in [7, 11) is 1.93. The molecule has 142 valence electrons. The number of ether oxygens (including phenoxy) is 1. The Morgan fingerprint density at radius 3 is 2.48 bits per heavy atom. The number of hydrogen-bond donors (Lipinski definition) is 2. The average molecular weight is 368 g/mol. The number of primary amides is 1. The van der Waals surface area contributed by atoms with Gasteiger partial charge in [0.1, 0.15) is 5.75 Å². The SMILES string of the molecule is Cc1c(CC(N)=O)cc(OCC(=O)O)cccn(C)c1Cc1ccccc1. The zero-order valence-electron chi connectivity index (χ0n) is 15.5. The minimum absolute atomic E-state index is 0.0335. The smallest absolute Gasteiger partial charge is 0.341 e. The van der Waals surface area contributed by atoms with Gasteiger partial charge in [-0.15, -0.1) is 0 Å². The van der Waals surface area contributed by atoms with E-state index in [-0.39, 0.29) is 6.42 Å². The number of hydrogen-bond acceptors (Lipinski definition) is 3. The van der Waals surface area contributed by atoms with Crippen molar-refractivity contribution in [1.82, 2.24) is 4.57 Å². The Morgan fingerprint density at radius 2 is 1.85 bits per heavy atom. The third kappa shape index (κ3) is 6.18. The zero-order valence-corrected chi connectivity index (χ0v) is 15.5. The first kappa shape index (κ1) is 20.0. The third-order valence-corrected chi connectivity index (χ3v) is 4.17. The number of carbonyl (C=O) groups is 2. The molecule has 0 aliphatic carbocycles. The van der Waals surface area contributed by atoms with E-state index in [2.05, 4.69) is 0 Å². The number of carbonyl (C=O) groups excluding carboxylic acids is 1. The van der Waals surface area contributed by atoms with Crippen molar-refractivity contribution in [2.75, 3.05) is 6.61 Å². The zero-order chi connectivity index (χ0) is 19.8. The predicted molar refractivity (Wildman–Crippen MR) is 103 cm³/mol. The normalized spacial score (nSPS) is 10.1. The first-order valence-corrected chi connectivity index (χ1v) is 8.55. The summed E-state index contributed by atoms with van der Waals surface area (Å²) in [5.74, 6) is -1.18. The molecule has 0 saturated heterocycles. The molecule has 0 unspecified atom stereocenters. The molecule has 1 amide bonds. The van der Waals surface area contributed by atoms with Gasteiger partial charge in [-0.2, -0.15) is 0 Å². The summed E-state index contributed by atoms with van der Waals surface area (Å²) in [6, 6.07) is 15.1. The van der Waals surface area contributed by atoms with Gasteiger partial charge in [-0.1, -0.05) is 30.3 Å². The Morgan fingerprint density at radius 1 is 1.15 bits per heavy atom. The fourth-order valence-corrected chi connectivity index (χ4v) is 2.79. The Balaban J connectivity index is 2.61. The average Bonchev–Trinajstić information content (AvgIpc) is 2.66. The summed E-state index contributed by atoms with van der Waals surface area (Å²) in [6.07, 6.45) is 2.58. The van der Waals surface area contributed by atoms with E-state index in [0.717, 1.165) is 16.8 Å². The molecule has 6 heteroatoms. The van der Waals surface area contributed by atoms with Crippen LogP contribution in [0.3, 0.4) is 0 Å². The molecule has 2 rings (SSSR count). The van der Waals surface area contributed by atoms with E-state index in [1.165, 1.54) is 0 Å². The molecule has 3 N–H and O–H groups in total. The summed E-state index contributed by atoms with van der Waals surface area (Å²) in [5.41, 5.74) is 9.17. The molecule has 0 radical (unpaired) electrons. The predicted octanol–water partition coefficient (Wildman–Crippen LogP) is 2.54. The molecule has 0 bridgehead atoms. The lowest BCUT2D eigenvalue weighted by molar-refractivity contribution is -0.139. The van der Waals surface area contributed by atoms with Crippen molar-refractivity contribution < 1.29 is 19.4 Å². The van der Waals surface area contributed by atoms with Gasteiger partial charge in [0.05, 0.1) is 6.42 Å². The molecule has 0 atom stereocenters. The number of aryl methyl sites for hydroxylation is 1. The van der Waals surface area contributed by atoms with E-state index in [4.69, 9.17) is 15.6 Å². The van der Waals surface area contributed by atoms with Gasteiger partial charge in [0.15, 0.2) is 6.61 Å². The maximum absolute atomic E-state index is 11.6. The number of benzene rings is 1. The first-order valence-electron chi connectivity index (χ1n) is 8.55. The van der Waals surface area contributed by atoms with E-state index in [1.54, 1.807) is 18.2 Å². The number of carboxylic acid groups (broad SMARTS) is 1. The van der Waals surface area contributed by atoms with E-state index in [0.29, 0.717) is 17.7 Å². The quantitative estimate of drug-likeness (QED) is 0.785. The van der Waals surface area contributed by atoms with Crippen LogP contribution in [0.25, 0.3) is 0 Å². The molecule has 1 aromatic heterocycles. The molecule has 2 aromatic rings.